The van der Waals surface area contributed by atoms with Crippen LogP contribution in [0.3, 0.4) is 0 Å². The van der Waals surface area contributed by atoms with E-state index in [2.05, 4.69) is 78.9 Å². The molecule has 7 heteroatoms. The van der Waals surface area contributed by atoms with Crippen molar-refractivity contribution >= 4 is 16.1 Å². The van der Waals surface area contributed by atoms with Crippen molar-refractivity contribution in [2.45, 2.75) is 85.1 Å². The lowest BCUT2D eigenvalue weighted by Gasteiger charge is -2.41. The Morgan fingerprint density at radius 3 is 2.31 bits per heavy atom. The highest BCUT2D eigenvalue weighted by atomic mass is 31.2. The van der Waals surface area contributed by atoms with Crippen molar-refractivity contribution < 1.29 is 18.0 Å². The Hall–Kier alpha value is -0.753. The molecule has 1 saturated heterocycles. The van der Waals surface area contributed by atoms with E-state index < -0.39 is 16.1 Å². The highest BCUT2D eigenvalue weighted by Gasteiger charge is 2.44. The zero-order valence-electron chi connectivity index (χ0n) is 21.4. The average molecular weight is 482 g/mol. The van der Waals surface area contributed by atoms with Crippen molar-refractivity contribution in [3.05, 3.63) is 48.0 Å². The van der Waals surface area contributed by atoms with Crippen LogP contribution in [-0.4, -0.2) is 38.9 Å². The van der Waals surface area contributed by atoms with E-state index in [0.29, 0.717) is 26.4 Å². The van der Waals surface area contributed by atoms with Crippen LogP contribution >= 0.6 is 7.75 Å². The molecule has 1 aromatic carbocycles. The van der Waals surface area contributed by atoms with Gasteiger partial charge in [0.2, 0.25) is 0 Å². The van der Waals surface area contributed by atoms with Crippen molar-refractivity contribution in [3.8, 4) is 0 Å². The second-order valence-corrected chi connectivity index (χ2v) is 17.9. The van der Waals surface area contributed by atoms with Gasteiger partial charge in [-0.05, 0) is 30.1 Å². The molecule has 1 aromatic rings. The van der Waals surface area contributed by atoms with E-state index in [1.54, 1.807) is 0 Å². The van der Waals surface area contributed by atoms with E-state index in [-0.39, 0.29) is 16.5 Å². The molecule has 1 aliphatic rings. The van der Waals surface area contributed by atoms with E-state index in [9.17, 15) is 4.57 Å². The normalized spacial score (nSPS) is 20.0. The Bertz CT molecular complexity index is 775. The number of nitrogens with zero attached hydrogens (tertiary/aromatic N) is 1. The van der Waals surface area contributed by atoms with E-state index in [4.69, 9.17) is 13.5 Å². The molecule has 1 aliphatic heterocycles. The molecule has 1 atom stereocenters. The van der Waals surface area contributed by atoms with Crippen LogP contribution in [0, 0.1) is 5.41 Å². The van der Waals surface area contributed by atoms with Crippen molar-refractivity contribution in [3.63, 3.8) is 0 Å². The third-order valence-electron chi connectivity index (χ3n) is 6.41. The summed E-state index contributed by atoms with van der Waals surface area (Å²) in [6, 6.07) is 10.1. The molecular formula is C25H44NO4PSi. The molecular weight excluding hydrogens is 437 g/mol. The minimum atomic E-state index is -3.41. The Balaban J connectivity index is 2.24. The third-order valence-corrected chi connectivity index (χ3v) is 12.9. The number of hydrogen-bond donors (Lipinski definition) is 0. The van der Waals surface area contributed by atoms with E-state index in [1.807, 2.05) is 22.9 Å². The van der Waals surface area contributed by atoms with Gasteiger partial charge in [-0.25, -0.2) is 4.57 Å². The second kappa shape index (κ2) is 11.1. The maximum absolute atomic E-state index is 13.9. The lowest BCUT2D eigenvalue weighted by atomic mass is 9.97. The maximum Gasteiger partial charge on any atom is 0.409 e. The largest absolute Gasteiger partial charge is 0.413 e. The fraction of sp³-hybridized carbons (Fsp3) is 0.680. The monoisotopic (exact) mass is 481 g/mol. The van der Waals surface area contributed by atoms with Crippen LogP contribution in [-0.2, 0) is 24.6 Å². The SMILES string of the molecule is CCCC(/C=C/CO[Si](C)(C)C(C)(C)C)N(Cc1ccccc1)P1(=O)OCC(C)(C)CO1. The Labute approximate surface area is 197 Å². The van der Waals surface area contributed by atoms with Crippen molar-refractivity contribution in [1.82, 2.24) is 4.67 Å². The zero-order valence-corrected chi connectivity index (χ0v) is 23.3. The molecule has 0 N–H and O–H groups in total. The van der Waals surface area contributed by atoms with Crippen LogP contribution in [0.5, 0.6) is 0 Å². The minimum absolute atomic E-state index is 0.0599. The first-order valence-corrected chi connectivity index (χ1v) is 16.2. The van der Waals surface area contributed by atoms with Crippen LogP contribution in [0.1, 0.15) is 59.9 Å². The number of benzene rings is 1. The quantitative estimate of drug-likeness (QED) is 0.198. The molecule has 182 valence electrons. The van der Waals surface area contributed by atoms with Gasteiger partial charge in [0.1, 0.15) is 0 Å². The Morgan fingerprint density at radius 1 is 1.19 bits per heavy atom. The van der Waals surface area contributed by atoms with Crippen LogP contribution < -0.4 is 0 Å². The summed E-state index contributed by atoms with van der Waals surface area (Å²) >= 11 is 0. The van der Waals surface area contributed by atoms with E-state index in [1.165, 1.54) is 0 Å². The minimum Gasteiger partial charge on any atom is -0.413 e. The Kier molecular flexibility index (Phi) is 9.55. The summed E-state index contributed by atoms with van der Waals surface area (Å²) in [5.41, 5.74) is 0.950. The van der Waals surface area contributed by atoms with Gasteiger partial charge in [0.25, 0.3) is 0 Å². The first kappa shape index (κ1) is 27.5. The lowest BCUT2D eigenvalue weighted by molar-refractivity contribution is 0.0162. The van der Waals surface area contributed by atoms with E-state index in [0.717, 1.165) is 18.4 Å². The zero-order chi connectivity index (χ0) is 24.0. The topological polar surface area (TPSA) is 48.0 Å². The molecule has 1 fully saturated rings. The van der Waals surface area contributed by atoms with Gasteiger partial charge in [-0.15, -0.1) is 0 Å². The summed E-state index contributed by atoms with van der Waals surface area (Å²) in [5.74, 6) is 0. The van der Waals surface area contributed by atoms with Gasteiger partial charge in [0.05, 0.1) is 19.8 Å². The average Bonchev–Trinajstić information content (AvgIpc) is 2.71. The molecule has 0 saturated carbocycles. The summed E-state index contributed by atoms with van der Waals surface area (Å²) in [6.45, 7) is 19.5. The predicted molar refractivity (Wildman–Crippen MR) is 136 cm³/mol. The Morgan fingerprint density at radius 2 is 1.78 bits per heavy atom. The second-order valence-electron chi connectivity index (χ2n) is 11.1. The van der Waals surface area contributed by atoms with Gasteiger partial charge in [0, 0.05) is 18.0 Å². The fourth-order valence-corrected chi connectivity index (χ4v) is 6.46. The molecule has 0 aromatic heterocycles. The molecule has 0 spiro atoms. The first-order chi connectivity index (χ1) is 14.8. The standard InChI is InChI=1S/C25H44NO4PSi/c1-9-14-23(17-13-18-30-32(7,8)24(2,3)4)26(19-22-15-11-10-12-16-22)31(27)28-20-25(5,6)21-29-31/h10-13,15-17,23H,9,14,18-21H2,1-8H3/b17-13+. The van der Waals surface area contributed by atoms with Gasteiger partial charge in [0.15, 0.2) is 8.32 Å². The number of hydrogen-bond acceptors (Lipinski definition) is 4. The van der Waals surface area contributed by atoms with Gasteiger partial charge < -0.3 is 4.43 Å². The first-order valence-electron chi connectivity index (χ1n) is 11.8. The van der Waals surface area contributed by atoms with Crippen LogP contribution in [0.2, 0.25) is 18.1 Å². The molecule has 5 nitrogen and oxygen atoms in total. The van der Waals surface area contributed by atoms with Gasteiger partial charge in [-0.1, -0.05) is 90.4 Å². The van der Waals surface area contributed by atoms with Crippen LogP contribution in [0.25, 0.3) is 0 Å². The highest BCUT2D eigenvalue weighted by Crippen LogP contribution is 2.58. The molecule has 2 rings (SSSR count). The molecule has 0 bridgehead atoms. The van der Waals surface area contributed by atoms with Crippen molar-refractivity contribution in [2.75, 3.05) is 19.8 Å². The maximum atomic E-state index is 13.9. The van der Waals surface area contributed by atoms with Gasteiger partial charge >= 0.3 is 7.75 Å². The molecule has 1 unspecified atom stereocenters. The molecule has 32 heavy (non-hydrogen) atoms. The fourth-order valence-electron chi connectivity index (χ4n) is 3.22. The number of rotatable bonds is 10. The molecule has 0 radical (unpaired) electrons. The summed E-state index contributed by atoms with van der Waals surface area (Å²) in [4.78, 5) is 0. The van der Waals surface area contributed by atoms with Crippen molar-refractivity contribution in [1.29, 1.82) is 0 Å². The molecule has 0 amide bonds. The summed E-state index contributed by atoms with van der Waals surface area (Å²) in [7, 11) is -5.23. The third kappa shape index (κ3) is 7.65. The molecule has 1 heterocycles. The molecule has 0 aliphatic carbocycles. The smallest absolute Gasteiger partial charge is 0.409 e. The lowest BCUT2D eigenvalue weighted by Crippen LogP contribution is -2.41. The summed E-state index contributed by atoms with van der Waals surface area (Å²) < 4.78 is 34.0. The van der Waals surface area contributed by atoms with Gasteiger partial charge in [-0.3, -0.25) is 9.05 Å². The van der Waals surface area contributed by atoms with Crippen LogP contribution in [0.4, 0.5) is 0 Å². The van der Waals surface area contributed by atoms with Crippen LogP contribution in [0.15, 0.2) is 42.5 Å². The predicted octanol–water partition coefficient (Wildman–Crippen LogP) is 7.42. The highest BCUT2D eigenvalue weighted by molar-refractivity contribution is 7.51. The summed E-state index contributed by atoms with van der Waals surface area (Å²) in [6.07, 6.45) is 6.04. The van der Waals surface area contributed by atoms with Gasteiger partial charge in [-0.2, -0.15) is 4.67 Å². The van der Waals surface area contributed by atoms with Crippen molar-refractivity contribution in [2.24, 2.45) is 5.41 Å². The summed E-state index contributed by atoms with van der Waals surface area (Å²) in [5, 5.41) is 0.171. The van der Waals surface area contributed by atoms with E-state index >= 15 is 0 Å².